The Morgan fingerprint density at radius 3 is 2.57 bits per heavy atom. The third kappa shape index (κ3) is 6.71. The molecule has 0 aliphatic rings. The smallest absolute Gasteiger partial charge is 0.213 e. The maximum absolute atomic E-state index is 13.1. The molecule has 5 nitrogen and oxygen atoms in total. The van der Waals surface area contributed by atoms with Crippen molar-refractivity contribution in [3.8, 4) is 17.4 Å². The van der Waals surface area contributed by atoms with Gasteiger partial charge >= 0.3 is 0 Å². The van der Waals surface area contributed by atoms with E-state index in [1.165, 1.54) is 12.1 Å². The van der Waals surface area contributed by atoms with E-state index < -0.39 is 0 Å². The first-order chi connectivity index (χ1) is 14.7. The third-order valence-corrected chi connectivity index (χ3v) is 4.75. The van der Waals surface area contributed by atoms with Crippen LogP contribution in [0.25, 0.3) is 0 Å². The first-order valence-corrected chi connectivity index (χ1v) is 10.5. The summed E-state index contributed by atoms with van der Waals surface area (Å²) in [5, 5.41) is 3.35. The van der Waals surface area contributed by atoms with Gasteiger partial charge in [0.2, 0.25) is 5.88 Å². The highest BCUT2D eigenvalue weighted by Crippen LogP contribution is 2.37. The van der Waals surface area contributed by atoms with Gasteiger partial charge in [-0.2, -0.15) is 0 Å². The molecule has 7 heteroatoms. The lowest BCUT2D eigenvalue weighted by Crippen LogP contribution is -2.20. The van der Waals surface area contributed by atoms with Crippen LogP contribution in [0.15, 0.2) is 65.3 Å². The molecule has 158 valence electrons. The zero-order chi connectivity index (χ0) is 21.2. The van der Waals surface area contributed by atoms with Crippen LogP contribution in [-0.4, -0.2) is 24.7 Å². The summed E-state index contributed by atoms with van der Waals surface area (Å²) in [7, 11) is 0. The molecular weight excluding hydrogens is 451 g/mol. The molecule has 0 saturated carbocycles. The van der Waals surface area contributed by atoms with Gasteiger partial charge in [-0.15, -0.1) is 0 Å². The van der Waals surface area contributed by atoms with Gasteiger partial charge in [-0.25, -0.2) is 9.37 Å². The average Bonchev–Trinajstić information content (AvgIpc) is 2.75. The van der Waals surface area contributed by atoms with Gasteiger partial charge in [-0.05, 0) is 64.3 Å². The standard InChI is InChI=1S/C23H24BrFN2O3/c1-2-28-21-14-18(15-26-11-12-29-22-5-3-4-10-27-22)13-20(24)23(21)30-16-17-6-8-19(25)9-7-17/h3-10,13-14,26H,2,11-12,15-16H2,1H3. The largest absolute Gasteiger partial charge is 0.490 e. The van der Waals surface area contributed by atoms with Gasteiger partial charge < -0.3 is 19.5 Å². The molecule has 0 saturated heterocycles. The number of hydrogen-bond acceptors (Lipinski definition) is 5. The topological polar surface area (TPSA) is 52.6 Å². The fraction of sp³-hybridized carbons (Fsp3) is 0.261. The Hall–Kier alpha value is -2.64. The lowest BCUT2D eigenvalue weighted by atomic mass is 10.2. The molecule has 0 radical (unpaired) electrons. The Balaban J connectivity index is 1.55. The van der Waals surface area contributed by atoms with Crippen LogP contribution in [0.5, 0.6) is 17.4 Å². The average molecular weight is 475 g/mol. The molecule has 0 bridgehead atoms. The van der Waals surface area contributed by atoms with Crippen LogP contribution >= 0.6 is 15.9 Å². The van der Waals surface area contributed by atoms with Gasteiger partial charge in [0.15, 0.2) is 11.5 Å². The zero-order valence-electron chi connectivity index (χ0n) is 16.7. The van der Waals surface area contributed by atoms with Crippen LogP contribution in [-0.2, 0) is 13.2 Å². The minimum absolute atomic E-state index is 0.266. The fourth-order valence-corrected chi connectivity index (χ4v) is 3.36. The molecule has 0 aliphatic carbocycles. The zero-order valence-corrected chi connectivity index (χ0v) is 18.3. The van der Waals surface area contributed by atoms with Crippen LogP contribution < -0.4 is 19.5 Å². The van der Waals surface area contributed by atoms with Crippen molar-refractivity contribution in [2.75, 3.05) is 19.8 Å². The van der Waals surface area contributed by atoms with Crippen molar-refractivity contribution in [3.05, 3.63) is 82.2 Å². The summed E-state index contributed by atoms with van der Waals surface area (Å²) in [5.41, 5.74) is 1.93. The number of hydrogen-bond donors (Lipinski definition) is 1. The number of rotatable bonds is 11. The monoisotopic (exact) mass is 474 g/mol. The number of nitrogens with zero attached hydrogens (tertiary/aromatic N) is 1. The molecule has 3 rings (SSSR count). The summed E-state index contributed by atoms with van der Waals surface area (Å²) >= 11 is 3.58. The van der Waals surface area contributed by atoms with Gasteiger partial charge in [0.1, 0.15) is 19.0 Å². The predicted molar refractivity (Wildman–Crippen MR) is 117 cm³/mol. The van der Waals surface area contributed by atoms with E-state index in [0.29, 0.717) is 50.3 Å². The van der Waals surface area contributed by atoms with E-state index in [0.717, 1.165) is 15.6 Å². The van der Waals surface area contributed by atoms with E-state index in [1.807, 2.05) is 37.3 Å². The molecule has 0 aliphatic heterocycles. The van der Waals surface area contributed by atoms with Gasteiger partial charge in [0, 0.05) is 25.4 Å². The molecular formula is C23H24BrFN2O3. The molecule has 0 fully saturated rings. The lowest BCUT2D eigenvalue weighted by Gasteiger charge is -2.16. The first kappa shape index (κ1) is 22.1. The summed E-state index contributed by atoms with van der Waals surface area (Å²) in [6, 6.07) is 15.8. The van der Waals surface area contributed by atoms with Gasteiger partial charge in [0.05, 0.1) is 11.1 Å². The quantitative estimate of drug-likeness (QED) is 0.390. The molecule has 1 heterocycles. The van der Waals surface area contributed by atoms with Gasteiger partial charge in [-0.1, -0.05) is 18.2 Å². The van der Waals surface area contributed by atoms with E-state index in [2.05, 4.69) is 26.2 Å². The second kappa shape index (κ2) is 11.5. The van der Waals surface area contributed by atoms with E-state index in [4.69, 9.17) is 14.2 Å². The van der Waals surface area contributed by atoms with Crippen LogP contribution in [0.3, 0.4) is 0 Å². The number of ether oxygens (including phenoxy) is 3. The van der Waals surface area contributed by atoms with Crippen LogP contribution in [0.4, 0.5) is 4.39 Å². The molecule has 0 atom stereocenters. The number of halogens is 2. The van der Waals surface area contributed by atoms with Crippen LogP contribution in [0, 0.1) is 5.82 Å². The van der Waals surface area contributed by atoms with Crippen molar-refractivity contribution in [3.63, 3.8) is 0 Å². The summed E-state index contributed by atoms with van der Waals surface area (Å²) in [6.07, 6.45) is 1.70. The number of benzene rings is 2. The molecule has 0 unspecified atom stereocenters. The Bertz CT molecular complexity index is 924. The SMILES string of the molecule is CCOc1cc(CNCCOc2ccccn2)cc(Br)c1OCc1ccc(F)cc1. The molecule has 2 aromatic carbocycles. The Kier molecular flexibility index (Phi) is 8.47. The van der Waals surface area contributed by atoms with Crippen molar-refractivity contribution >= 4 is 15.9 Å². The first-order valence-electron chi connectivity index (χ1n) is 9.72. The molecule has 0 spiro atoms. The minimum atomic E-state index is -0.266. The Morgan fingerprint density at radius 2 is 1.83 bits per heavy atom. The third-order valence-electron chi connectivity index (χ3n) is 4.16. The van der Waals surface area contributed by atoms with E-state index in [-0.39, 0.29) is 5.82 Å². The minimum Gasteiger partial charge on any atom is -0.490 e. The Morgan fingerprint density at radius 1 is 1.00 bits per heavy atom. The van der Waals surface area contributed by atoms with Crippen molar-refractivity contribution in [2.45, 2.75) is 20.1 Å². The molecule has 30 heavy (non-hydrogen) atoms. The van der Waals surface area contributed by atoms with Crippen LogP contribution in [0.2, 0.25) is 0 Å². The second-order valence-electron chi connectivity index (χ2n) is 6.45. The maximum atomic E-state index is 13.1. The Labute approximate surface area is 184 Å². The summed E-state index contributed by atoms with van der Waals surface area (Å²) in [5.74, 6) is 1.64. The second-order valence-corrected chi connectivity index (χ2v) is 7.30. The number of pyridine rings is 1. The van der Waals surface area contributed by atoms with E-state index in [1.54, 1.807) is 18.3 Å². The number of nitrogens with one attached hydrogen (secondary N) is 1. The van der Waals surface area contributed by atoms with Crippen LogP contribution in [0.1, 0.15) is 18.1 Å². The van der Waals surface area contributed by atoms with Crippen molar-refractivity contribution in [2.24, 2.45) is 0 Å². The van der Waals surface area contributed by atoms with Gasteiger partial charge in [0.25, 0.3) is 0 Å². The summed E-state index contributed by atoms with van der Waals surface area (Å²) in [6.45, 7) is 4.63. The molecule has 1 N–H and O–H groups in total. The normalized spacial score (nSPS) is 10.6. The molecule has 0 amide bonds. The van der Waals surface area contributed by atoms with Gasteiger partial charge in [-0.3, -0.25) is 0 Å². The number of aromatic nitrogens is 1. The maximum Gasteiger partial charge on any atom is 0.213 e. The molecule has 3 aromatic rings. The van der Waals surface area contributed by atoms with Crippen molar-refractivity contribution in [1.29, 1.82) is 0 Å². The lowest BCUT2D eigenvalue weighted by molar-refractivity contribution is 0.267. The highest BCUT2D eigenvalue weighted by molar-refractivity contribution is 9.10. The molecule has 1 aromatic heterocycles. The fourth-order valence-electron chi connectivity index (χ4n) is 2.76. The summed E-state index contributed by atoms with van der Waals surface area (Å²) < 4.78 is 31.2. The highest BCUT2D eigenvalue weighted by atomic mass is 79.9. The summed E-state index contributed by atoms with van der Waals surface area (Å²) in [4.78, 5) is 4.13. The predicted octanol–water partition coefficient (Wildman–Crippen LogP) is 5.13. The van der Waals surface area contributed by atoms with E-state index in [9.17, 15) is 4.39 Å². The van der Waals surface area contributed by atoms with E-state index >= 15 is 0 Å². The van der Waals surface area contributed by atoms with Crippen molar-refractivity contribution in [1.82, 2.24) is 10.3 Å². The highest BCUT2D eigenvalue weighted by Gasteiger charge is 2.13. The van der Waals surface area contributed by atoms with Crippen molar-refractivity contribution < 1.29 is 18.6 Å².